The van der Waals surface area contributed by atoms with E-state index in [-0.39, 0.29) is 5.91 Å². The van der Waals surface area contributed by atoms with E-state index in [4.69, 9.17) is 10.3 Å². The highest BCUT2D eigenvalue weighted by molar-refractivity contribution is 5.94. The minimum absolute atomic E-state index is 0.276. The van der Waals surface area contributed by atoms with Crippen LogP contribution in [0.3, 0.4) is 0 Å². The van der Waals surface area contributed by atoms with E-state index in [2.05, 4.69) is 30.6 Å². The summed E-state index contributed by atoms with van der Waals surface area (Å²) in [5, 5.41) is 20.2. The van der Waals surface area contributed by atoms with E-state index < -0.39 is 30.6 Å². The molecule has 1 aromatic heterocycles. The minimum Gasteiger partial charge on any atom is -0.388 e. The summed E-state index contributed by atoms with van der Waals surface area (Å²) < 4.78 is 7.55. The highest BCUT2D eigenvalue weighted by Crippen LogP contribution is 2.37. The number of anilines is 1. The topological polar surface area (TPSA) is 150 Å². The summed E-state index contributed by atoms with van der Waals surface area (Å²) in [5.41, 5.74) is 9.79. The third kappa shape index (κ3) is 3.42. The number of carbonyl (C=O) groups excluding carboxylic acids is 1. The summed E-state index contributed by atoms with van der Waals surface area (Å²) in [6.07, 6.45) is 0.637. The van der Waals surface area contributed by atoms with E-state index in [0.717, 1.165) is 0 Å². The Morgan fingerprint density at radius 2 is 2.24 bits per heavy atom. The monoisotopic (exact) mass is 396 g/mol. The van der Waals surface area contributed by atoms with Gasteiger partial charge in [0.25, 0.3) is 5.91 Å². The molecule has 5 atom stereocenters. The molecule has 0 saturated carbocycles. The van der Waals surface area contributed by atoms with Crippen molar-refractivity contribution in [3.63, 3.8) is 0 Å². The fraction of sp³-hybridized carbons (Fsp3) is 0.389. The van der Waals surface area contributed by atoms with Gasteiger partial charge in [0.05, 0.1) is 24.8 Å². The molecule has 11 heteroatoms. The van der Waals surface area contributed by atoms with Gasteiger partial charge in [0.15, 0.2) is 12.4 Å². The molecular formula is C18H20N8O3. The van der Waals surface area contributed by atoms with Crippen LogP contribution in [0.25, 0.3) is 10.4 Å². The number of benzene rings is 1. The van der Waals surface area contributed by atoms with Crippen LogP contribution in [0.1, 0.15) is 41.8 Å². The number of aliphatic imine (C=N–C) groups is 1. The molecule has 1 amide bonds. The lowest BCUT2D eigenvalue weighted by atomic mass is 10.1. The molecule has 1 aromatic carbocycles. The van der Waals surface area contributed by atoms with Gasteiger partial charge < -0.3 is 20.5 Å². The van der Waals surface area contributed by atoms with Gasteiger partial charge in [0.1, 0.15) is 17.6 Å². The predicted molar refractivity (Wildman–Crippen MR) is 104 cm³/mol. The van der Waals surface area contributed by atoms with Crippen molar-refractivity contribution in [1.82, 2.24) is 14.9 Å². The number of aromatic nitrogens is 2. The molecule has 2 aliphatic rings. The first-order chi connectivity index (χ1) is 14.1. The lowest BCUT2D eigenvalue weighted by Crippen LogP contribution is -2.32. The Balaban J connectivity index is 1.58. The first kappa shape index (κ1) is 18.9. The lowest BCUT2D eigenvalue weighted by molar-refractivity contribution is -0.0364. The molecule has 1 fully saturated rings. The summed E-state index contributed by atoms with van der Waals surface area (Å²) in [6, 6.07) is 8.12. The van der Waals surface area contributed by atoms with Crippen molar-refractivity contribution in [3.8, 4) is 0 Å². The van der Waals surface area contributed by atoms with Crippen molar-refractivity contribution >= 4 is 18.1 Å². The minimum atomic E-state index is -1.04. The maximum atomic E-state index is 12.5. The Kier molecular flexibility index (Phi) is 5.17. The summed E-state index contributed by atoms with van der Waals surface area (Å²) in [6.45, 7) is 1.89. The van der Waals surface area contributed by atoms with Crippen LogP contribution in [0.4, 0.5) is 5.82 Å². The number of ether oxygens (including phenoxy) is 1. The zero-order valence-electron chi connectivity index (χ0n) is 15.6. The number of hydrogen-bond acceptors (Lipinski definition) is 7. The summed E-state index contributed by atoms with van der Waals surface area (Å²) in [5.74, 6) is 0.264. The number of aliphatic hydroxyl groups excluding tert-OH is 1. The number of aliphatic hydroxyl groups is 1. The molecule has 0 aliphatic carbocycles. The van der Waals surface area contributed by atoms with Gasteiger partial charge in [-0.3, -0.25) is 9.36 Å². The van der Waals surface area contributed by atoms with Crippen molar-refractivity contribution in [2.45, 2.75) is 44.0 Å². The molecule has 4 rings (SSSR count). The fourth-order valence-corrected chi connectivity index (χ4v) is 3.56. The van der Waals surface area contributed by atoms with Crippen molar-refractivity contribution in [2.75, 3.05) is 5.32 Å². The van der Waals surface area contributed by atoms with Crippen LogP contribution in [0, 0.1) is 0 Å². The SMILES string of the molecule is CC[C@H]1O[C@@H](n2cnc3c2NC=NC3NC(=O)c2ccccc2)[C@H](O)[C@@H]1N=[N+]=[N-]. The number of nitrogens with zero attached hydrogens (tertiary/aromatic N) is 6. The molecule has 3 heterocycles. The van der Waals surface area contributed by atoms with Gasteiger partial charge in [-0.05, 0) is 24.1 Å². The van der Waals surface area contributed by atoms with Crippen molar-refractivity contribution in [2.24, 2.45) is 10.1 Å². The van der Waals surface area contributed by atoms with Crippen molar-refractivity contribution < 1.29 is 14.6 Å². The molecule has 11 nitrogen and oxygen atoms in total. The second kappa shape index (κ2) is 7.92. The number of imidazole rings is 1. The average Bonchev–Trinajstić information content (AvgIpc) is 3.31. The van der Waals surface area contributed by atoms with Gasteiger partial charge in [-0.15, -0.1) is 0 Å². The van der Waals surface area contributed by atoms with E-state index in [1.54, 1.807) is 28.8 Å². The largest absolute Gasteiger partial charge is 0.388 e. The van der Waals surface area contributed by atoms with E-state index in [1.165, 1.54) is 12.7 Å². The lowest BCUT2D eigenvalue weighted by Gasteiger charge is -2.23. The van der Waals surface area contributed by atoms with Crippen LogP contribution in [-0.4, -0.2) is 45.2 Å². The van der Waals surface area contributed by atoms with Gasteiger partial charge >= 0.3 is 0 Å². The van der Waals surface area contributed by atoms with E-state index >= 15 is 0 Å². The van der Waals surface area contributed by atoms with Gasteiger partial charge in [0, 0.05) is 10.5 Å². The highest BCUT2D eigenvalue weighted by Gasteiger charge is 2.44. The van der Waals surface area contributed by atoms with E-state index in [0.29, 0.717) is 23.5 Å². The molecule has 0 bridgehead atoms. The van der Waals surface area contributed by atoms with Crippen LogP contribution in [0.5, 0.6) is 0 Å². The quantitative estimate of drug-likeness (QED) is 0.402. The molecule has 0 radical (unpaired) electrons. The molecular weight excluding hydrogens is 376 g/mol. The predicted octanol–water partition coefficient (Wildman–Crippen LogP) is 2.11. The first-order valence-electron chi connectivity index (χ1n) is 9.22. The van der Waals surface area contributed by atoms with Crippen molar-refractivity contribution in [3.05, 3.63) is 58.4 Å². The summed E-state index contributed by atoms with van der Waals surface area (Å²) in [4.78, 5) is 23.9. The molecule has 2 aliphatic heterocycles. The number of carbonyl (C=O) groups is 1. The normalized spacial score (nSPS) is 27.6. The van der Waals surface area contributed by atoms with E-state index in [1.807, 2.05) is 13.0 Å². The number of fused-ring (bicyclic) bond motifs is 1. The Morgan fingerprint density at radius 3 is 2.97 bits per heavy atom. The van der Waals surface area contributed by atoms with Gasteiger partial charge in [-0.1, -0.05) is 30.2 Å². The Bertz CT molecular complexity index is 969. The first-order valence-corrected chi connectivity index (χ1v) is 9.22. The number of azide groups is 1. The summed E-state index contributed by atoms with van der Waals surface area (Å²) in [7, 11) is 0. The molecule has 29 heavy (non-hydrogen) atoms. The van der Waals surface area contributed by atoms with Crippen molar-refractivity contribution in [1.29, 1.82) is 0 Å². The highest BCUT2D eigenvalue weighted by atomic mass is 16.5. The van der Waals surface area contributed by atoms with Gasteiger partial charge in [-0.2, -0.15) is 0 Å². The van der Waals surface area contributed by atoms with Crippen LogP contribution in [0.2, 0.25) is 0 Å². The molecule has 3 N–H and O–H groups in total. The summed E-state index contributed by atoms with van der Waals surface area (Å²) >= 11 is 0. The van der Waals surface area contributed by atoms with Crippen LogP contribution in [0.15, 0.2) is 46.8 Å². The average molecular weight is 396 g/mol. The smallest absolute Gasteiger partial charge is 0.253 e. The Hall–Kier alpha value is -3.40. The second-order valence-electron chi connectivity index (χ2n) is 6.71. The maximum Gasteiger partial charge on any atom is 0.253 e. The number of amides is 1. The molecule has 1 unspecified atom stereocenters. The third-order valence-corrected chi connectivity index (χ3v) is 5.01. The van der Waals surface area contributed by atoms with Crippen LogP contribution in [-0.2, 0) is 4.74 Å². The zero-order chi connectivity index (χ0) is 20.4. The number of rotatable bonds is 5. The Labute approximate surface area is 166 Å². The third-order valence-electron chi connectivity index (χ3n) is 5.01. The van der Waals surface area contributed by atoms with Gasteiger partial charge in [-0.25, -0.2) is 9.98 Å². The molecule has 2 aromatic rings. The number of nitrogens with one attached hydrogen (secondary N) is 2. The second-order valence-corrected chi connectivity index (χ2v) is 6.71. The van der Waals surface area contributed by atoms with E-state index in [9.17, 15) is 9.90 Å². The Morgan fingerprint density at radius 1 is 1.45 bits per heavy atom. The fourth-order valence-electron chi connectivity index (χ4n) is 3.56. The molecule has 150 valence electrons. The number of hydrogen-bond donors (Lipinski definition) is 3. The van der Waals surface area contributed by atoms with Gasteiger partial charge in [0.2, 0.25) is 0 Å². The molecule has 0 spiro atoms. The zero-order valence-corrected chi connectivity index (χ0v) is 15.6. The van der Waals surface area contributed by atoms with Crippen LogP contribution >= 0.6 is 0 Å². The maximum absolute atomic E-state index is 12.5. The van der Waals surface area contributed by atoms with Crippen LogP contribution < -0.4 is 10.6 Å². The molecule has 1 saturated heterocycles. The standard InChI is InChI=1S/C18H20N8O3/c1-2-11-12(24-25-19)14(27)18(29-11)26-9-22-13-15(20-8-21-16(13)26)23-17(28)10-6-4-3-5-7-10/h3-9,11-12,14-15,18,27H,2H2,1H3,(H,20,21)(H,23,28)/t11-,12-,14-,15?,18-/m1/s1.